The maximum absolute atomic E-state index is 14.8. The minimum absolute atomic E-state index is 0.0234. The Kier molecular flexibility index (Phi) is 5.42. The highest BCUT2D eigenvalue weighted by molar-refractivity contribution is 5.87. The Bertz CT molecular complexity index is 1400. The molecule has 1 aliphatic rings. The van der Waals surface area contributed by atoms with Gasteiger partial charge in [-0.2, -0.15) is 10.2 Å². The van der Waals surface area contributed by atoms with Crippen molar-refractivity contribution in [3.63, 3.8) is 0 Å². The van der Waals surface area contributed by atoms with Gasteiger partial charge >= 0.3 is 0 Å². The van der Waals surface area contributed by atoms with Crippen LogP contribution in [0.25, 0.3) is 16.7 Å². The predicted molar refractivity (Wildman–Crippen MR) is 126 cm³/mol. The molecule has 10 heteroatoms. The lowest BCUT2D eigenvalue weighted by Gasteiger charge is -2.36. The van der Waals surface area contributed by atoms with Gasteiger partial charge in [0, 0.05) is 17.1 Å². The molecule has 4 heterocycles. The summed E-state index contributed by atoms with van der Waals surface area (Å²) in [4.78, 5) is 8.53. The highest BCUT2D eigenvalue weighted by Gasteiger charge is 2.29. The average molecular weight is 461 g/mol. The van der Waals surface area contributed by atoms with Crippen molar-refractivity contribution in [2.24, 2.45) is 0 Å². The van der Waals surface area contributed by atoms with Gasteiger partial charge in [0.25, 0.3) is 5.88 Å². The lowest BCUT2D eigenvalue weighted by atomic mass is 9.89. The van der Waals surface area contributed by atoms with Gasteiger partial charge in [-0.25, -0.2) is 9.37 Å². The van der Waals surface area contributed by atoms with E-state index >= 15 is 0 Å². The molecule has 1 saturated heterocycles. The molecule has 3 aromatic heterocycles. The van der Waals surface area contributed by atoms with E-state index in [4.69, 9.17) is 4.74 Å². The zero-order valence-electron chi connectivity index (χ0n) is 19.2. The maximum Gasteiger partial charge on any atom is 0.256 e. The monoisotopic (exact) mass is 460 g/mol. The van der Waals surface area contributed by atoms with Gasteiger partial charge in [-0.15, -0.1) is 5.10 Å². The first-order valence-corrected chi connectivity index (χ1v) is 11.1. The van der Waals surface area contributed by atoms with Crippen LogP contribution in [0.3, 0.4) is 0 Å². The third kappa shape index (κ3) is 3.95. The number of anilines is 2. The second-order valence-electron chi connectivity index (χ2n) is 9.02. The molecule has 0 unspecified atom stereocenters. The average Bonchev–Trinajstić information content (AvgIpc) is 3.43. The summed E-state index contributed by atoms with van der Waals surface area (Å²) < 4.78 is 23.8. The summed E-state index contributed by atoms with van der Waals surface area (Å²) in [6.07, 6.45) is 6.58. The second kappa shape index (κ2) is 8.43. The molecule has 0 radical (unpaired) electrons. The third-order valence-corrected chi connectivity index (χ3v) is 6.15. The Morgan fingerprint density at radius 3 is 2.94 bits per heavy atom. The summed E-state index contributed by atoms with van der Waals surface area (Å²) >= 11 is 0. The van der Waals surface area contributed by atoms with Crippen molar-refractivity contribution in [1.29, 1.82) is 5.26 Å². The van der Waals surface area contributed by atoms with Crippen LogP contribution in [0.15, 0.2) is 42.9 Å². The number of fused-ring (bicyclic) bond motifs is 1. The van der Waals surface area contributed by atoms with Crippen molar-refractivity contribution in [1.82, 2.24) is 29.6 Å². The van der Waals surface area contributed by atoms with Gasteiger partial charge in [0.05, 0.1) is 42.7 Å². The van der Waals surface area contributed by atoms with E-state index in [-0.39, 0.29) is 23.3 Å². The van der Waals surface area contributed by atoms with Crippen LogP contribution in [0.2, 0.25) is 0 Å². The molecular weight excluding hydrogens is 435 g/mol. The van der Waals surface area contributed by atoms with Gasteiger partial charge in [-0.1, -0.05) is 6.07 Å². The van der Waals surface area contributed by atoms with Gasteiger partial charge in [0.1, 0.15) is 5.69 Å². The van der Waals surface area contributed by atoms with E-state index in [2.05, 4.69) is 45.6 Å². The molecule has 1 aromatic carbocycles. The summed E-state index contributed by atoms with van der Waals surface area (Å²) in [6.45, 7) is 5.26. The molecule has 0 saturated carbocycles. The van der Waals surface area contributed by atoms with Crippen molar-refractivity contribution >= 4 is 22.5 Å². The lowest BCUT2D eigenvalue weighted by molar-refractivity contribution is 0.218. The highest BCUT2D eigenvalue weighted by atomic mass is 19.1. The summed E-state index contributed by atoms with van der Waals surface area (Å²) in [5.41, 5.74) is 1.82. The standard InChI is InChI=1S/C24H25FN8O/c1-24(2)11-16(7-9-28-24)33-14-19(22(31-33)34-3)29-23-27-13-18(25)21(30-23)32-10-8-17-15(12-26)5-4-6-20(17)32/h4-6,8,10,13-14,16,28H,7,9,11H2,1-3H3,(H,27,29,30)/t16-/m0/s1. The topological polar surface area (TPSA) is 106 Å². The molecule has 1 atom stereocenters. The van der Waals surface area contributed by atoms with Gasteiger partial charge in [-0.05, 0) is 51.4 Å². The predicted octanol–water partition coefficient (Wildman–Crippen LogP) is 4.08. The number of piperidine rings is 1. The minimum Gasteiger partial charge on any atom is -0.478 e. The molecule has 5 rings (SSSR count). The first kappa shape index (κ1) is 21.9. The Hall–Kier alpha value is -3.97. The first-order chi connectivity index (χ1) is 16.4. The Morgan fingerprint density at radius 1 is 1.32 bits per heavy atom. The SMILES string of the molecule is COc1nn([C@H]2CCNC(C)(C)C2)cc1Nc1ncc(F)c(-n2ccc3c(C#N)cccc32)n1. The number of hydrogen-bond acceptors (Lipinski definition) is 7. The zero-order chi connectivity index (χ0) is 23.9. The van der Waals surface area contributed by atoms with Crippen LogP contribution < -0.4 is 15.4 Å². The molecule has 1 fully saturated rings. The van der Waals surface area contributed by atoms with E-state index in [9.17, 15) is 9.65 Å². The quantitative estimate of drug-likeness (QED) is 0.462. The number of rotatable bonds is 5. The zero-order valence-corrected chi connectivity index (χ0v) is 19.2. The van der Waals surface area contributed by atoms with Crippen LogP contribution in [0, 0.1) is 17.1 Å². The van der Waals surface area contributed by atoms with Gasteiger partial charge < -0.3 is 15.4 Å². The van der Waals surface area contributed by atoms with Crippen molar-refractivity contribution in [2.45, 2.75) is 38.3 Å². The number of nitriles is 1. The van der Waals surface area contributed by atoms with Crippen molar-refractivity contribution in [3.8, 4) is 17.8 Å². The van der Waals surface area contributed by atoms with Gasteiger partial charge in [0.15, 0.2) is 11.6 Å². The molecule has 0 spiro atoms. The maximum atomic E-state index is 14.8. The summed E-state index contributed by atoms with van der Waals surface area (Å²) in [7, 11) is 1.56. The number of aromatic nitrogens is 5. The molecule has 174 valence electrons. The van der Waals surface area contributed by atoms with Crippen LogP contribution in [0.1, 0.15) is 38.3 Å². The molecule has 9 nitrogen and oxygen atoms in total. The summed E-state index contributed by atoms with van der Waals surface area (Å²) in [5.74, 6) is 0.119. The number of ether oxygens (including phenoxy) is 1. The fraction of sp³-hybridized carbons (Fsp3) is 0.333. The fourth-order valence-corrected chi connectivity index (χ4v) is 4.52. The van der Waals surface area contributed by atoms with Crippen LogP contribution in [0.5, 0.6) is 5.88 Å². The second-order valence-corrected chi connectivity index (χ2v) is 9.02. The number of nitrogens with one attached hydrogen (secondary N) is 2. The molecule has 2 N–H and O–H groups in total. The summed E-state index contributed by atoms with van der Waals surface area (Å²) in [6, 6.07) is 9.47. The Morgan fingerprint density at radius 2 is 2.18 bits per heavy atom. The number of halogens is 1. The number of nitrogens with zero attached hydrogens (tertiary/aromatic N) is 6. The Labute approximate surface area is 196 Å². The summed E-state index contributed by atoms with van der Waals surface area (Å²) in [5, 5.41) is 21.3. The van der Waals surface area contributed by atoms with E-state index in [0.29, 0.717) is 22.6 Å². The normalized spacial score (nSPS) is 17.4. The van der Waals surface area contributed by atoms with Crippen molar-refractivity contribution < 1.29 is 9.13 Å². The van der Waals surface area contributed by atoms with Crippen LogP contribution in [-0.2, 0) is 0 Å². The van der Waals surface area contributed by atoms with Gasteiger partial charge in [-0.3, -0.25) is 9.25 Å². The minimum atomic E-state index is -0.579. The molecule has 0 amide bonds. The van der Waals surface area contributed by atoms with Crippen molar-refractivity contribution in [3.05, 3.63) is 54.2 Å². The Balaban J connectivity index is 1.47. The smallest absolute Gasteiger partial charge is 0.256 e. The van der Waals surface area contributed by atoms with E-state index in [1.807, 2.05) is 16.9 Å². The molecule has 34 heavy (non-hydrogen) atoms. The molecular formula is C24H25FN8O. The molecule has 0 bridgehead atoms. The highest BCUT2D eigenvalue weighted by Crippen LogP contribution is 2.33. The largest absolute Gasteiger partial charge is 0.478 e. The van der Waals surface area contributed by atoms with Gasteiger partial charge in [0.2, 0.25) is 5.95 Å². The first-order valence-electron chi connectivity index (χ1n) is 11.1. The third-order valence-electron chi connectivity index (χ3n) is 6.15. The molecule has 4 aromatic rings. The van der Waals surface area contributed by atoms with Crippen LogP contribution in [0.4, 0.5) is 16.0 Å². The van der Waals surface area contributed by atoms with E-state index in [1.165, 1.54) is 0 Å². The fourth-order valence-electron chi connectivity index (χ4n) is 4.52. The number of benzene rings is 1. The van der Waals surface area contributed by atoms with Crippen LogP contribution in [-0.4, -0.2) is 43.5 Å². The van der Waals surface area contributed by atoms with Crippen LogP contribution >= 0.6 is 0 Å². The molecule has 0 aliphatic carbocycles. The van der Waals surface area contributed by atoms with E-state index in [0.717, 1.165) is 31.0 Å². The number of methoxy groups -OCH3 is 1. The van der Waals surface area contributed by atoms with Crippen molar-refractivity contribution in [2.75, 3.05) is 19.0 Å². The van der Waals surface area contributed by atoms with E-state index < -0.39 is 5.82 Å². The lowest BCUT2D eigenvalue weighted by Crippen LogP contribution is -2.46. The number of hydrogen-bond donors (Lipinski definition) is 2. The van der Waals surface area contributed by atoms with E-state index in [1.54, 1.807) is 36.1 Å². The molecule has 1 aliphatic heterocycles.